The molecule has 6 rings (SSSR count). The van der Waals surface area contributed by atoms with Crippen LogP contribution in [0.1, 0.15) is 15.9 Å². The fourth-order valence-corrected chi connectivity index (χ4v) is 5.50. The van der Waals surface area contributed by atoms with Crippen LogP contribution in [0, 0.1) is 11.8 Å². The van der Waals surface area contributed by atoms with Crippen LogP contribution >= 0.6 is 0 Å². The summed E-state index contributed by atoms with van der Waals surface area (Å²) in [5, 5.41) is 0. The van der Waals surface area contributed by atoms with Crippen molar-refractivity contribution in [3.63, 3.8) is 0 Å². The normalized spacial score (nSPS) is 33.1. The molecule has 3 saturated heterocycles. The van der Waals surface area contributed by atoms with Gasteiger partial charge in [-0.1, -0.05) is 30.4 Å². The molecular weight excluding hydrogens is 382 g/mol. The Hall–Kier alpha value is -2.96. The van der Waals surface area contributed by atoms with Crippen molar-refractivity contribution in [3.05, 3.63) is 65.7 Å². The molecule has 4 heterocycles. The molecule has 30 heavy (non-hydrogen) atoms. The third-order valence-electron chi connectivity index (χ3n) is 6.80. The van der Waals surface area contributed by atoms with Gasteiger partial charge in [0.05, 0.1) is 37.8 Å². The van der Waals surface area contributed by atoms with Gasteiger partial charge in [-0.05, 0) is 35.9 Å². The Kier molecular flexibility index (Phi) is 3.88. The zero-order valence-corrected chi connectivity index (χ0v) is 16.4. The minimum atomic E-state index is -0.807. The minimum absolute atomic E-state index is 0.0120. The number of benzene rings is 2. The lowest BCUT2D eigenvalue weighted by Crippen LogP contribution is -2.48. The van der Waals surface area contributed by atoms with Gasteiger partial charge in [-0.3, -0.25) is 9.59 Å². The van der Waals surface area contributed by atoms with Crippen LogP contribution in [0.3, 0.4) is 0 Å². The van der Waals surface area contributed by atoms with Crippen molar-refractivity contribution in [1.82, 2.24) is 0 Å². The predicted octanol–water partition coefficient (Wildman–Crippen LogP) is 2.72. The van der Waals surface area contributed by atoms with Crippen molar-refractivity contribution in [2.24, 2.45) is 11.8 Å². The fraction of sp³-hybridized carbons (Fsp3) is 0.333. The molecule has 2 aromatic rings. The number of nitrogens with zero attached hydrogens (tertiary/aromatic N) is 1. The number of carbonyl (C=O) groups is 2. The molecule has 0 spiro atoms. The molecule has 0 saturated carbocycles. The second-order valence-corrected chi connectivity index (χ2v) is 8.20. The molecule has 2 bridgehead atoms. The molecule has 152 valence electrons. The summed E-state index contributed by atoms with van der Waals surface area (Å²) in [6, 6.07) is 14.5. The first-order valence-corrected chi connectivity index (χ1v) is 10.2. The molecule has 6 nitrogen and oxygen atoms in total. The molecule has 0 aliphatic carbocycles. The smallest absolute Gasteiger partial charge is 0.218 e. The fourth-order valence-electron chi connectivity index (χ4n) is 5.50. The summed E-state index contributed by atoms with van der Waals surface area (Å²) in [5.74, 6) is 0.0442. The highest BCUT2D eigenvalue weighted by molar-refractivity contribution is 6.05. The standard InChI is InChI=1S/C24H21NO5/c1-28-15-9-6-14(7-10-15)22(26)21-20-18-12-29-24(30-18)23(27)19(20)17-11-8-13-4-2-3-5-16(13)25(17)21/h2-11,17-21,24H,12H2,1H3/t17-,18-,19+,20+,21-,24+/m0/s1. The Morgan fingerprint density at radius 2 is 1.93 bits per heavy atom. The number of ketones is 2. The monoisotopic (exact) mass is 403 g/mol. The number of para-hydroxylation sites is 1. The molecule has 0 aromatic heterocycles. The first kappa shape index (κ1) is 17.9. The lowest BCUT2D eigenvalue weighted by Gasteiger charge is -2.35. The van der Waals surface area contributed by atoms with E-state index in [1.807, 2.05) is 24.3 Å². The maximum absolute atomic E-state index is 13.8. The van der Waals surface area contributed by atoms with E-state index in [1.165, 1.54) is 0 Å². The third kappa shape index (κ3) is 2.38. The quantitative estimate of drug-likeness (QED) is 0.735. The van der Waals surface area contributed by atoms with Crippen LogP contribution in [0.15, 0.2) is 54.6 Å². The largest absolute Gasteiger partial charge is 0.497 e. The first-order chi connectivity index (χ1) is 14.7. The molecule has 4 aliphatic rings. The Morgan fingerprint density at radius 3 is 2.73 bits per heavy atom. The molecule has 0 amide bonds. The number of rotatable bonds is 3. The van der Waals surface area contributed by atoms with Gasteiger partial charge in [-0.25, -0.2) is 0 Å². The maximum atomic E-state index is 13.8. The Morgan fingerprint density at radius 1 is 1.13 bits per heavy atom. The van der Waals surface area contributed by atoms with Gasteiger partial charge in [0.1, 0.15) is 5.75 Å². The van der Waals surface area contributed by atoms with Crippen LogP contribution in [-0.4, -0.2) is 49.8 Å². The van der Waals surface area contributed by atoms with Crippen LogP contribution in [0.25, 0.3) is 6.08 Å². The van der Waals surface area contributed by atoms with Crippen LogP contribution in [0.4, 0.5) is 5.69 Å². The van der Waals surface area contributed by atoms with Gasteiger partial charge in [0.2, 0.25) is 6.29 Å². The molecule has 0 radical (unpaired) electrons. The topological polar surface area (TPSA) is 65.1 Å². The first-order valence-electron chi connectivity index (χ1n) is 10.2. The van der Waals surface area contributed by atoms with E-state index in [1.54, 1.807) is 31.4 Å². The van der Waals surface area contributed by atoms with E-state index in [9.17, 15) is 9.59 Å². The van der Waals surface area contributed by atoms with Crippen molar-refractivity contribution in [1.29, 1.82) is 0 Å². The van der Waals surface area contributed by atoms with Gasteiger partial charge in [0.15, 0.2) is 11.6 Å². The molecule has 6 atom stereocenters. The molecule has 0 N–H and O–H groups in total. The summed E-state index contributed by atoms with van der Waals surface area (Å²) < 4.78 is 16.7. The number of anilines is 1. The zero-order valence-electron chi connectivity index (χ0n) is 16.4. The van der Waals surface area contributed by atoms with Crippen molar-refractivity contribution in [2.45, 2.75) is 24.5 Å². The second kappa shape index (κ2) is 6.52. The summed E-state index contributed by atoms with van der Waals surface area (Å²) in [7, 11) is 1.60. The lowest BCUT2D eigenvalue weighted by molar-refractivity contribution is -0.163. The second-order valence-electron chi connectivity index (χ2n) is 8.20. The number of methoxy groups -OCH3 is 1. The zero-order chi connectivity index (χ0) is 20.4. The van der Waals surface area contributed by atoms with Gasteiger partial charge >= 0.3 is 0 Å². The van der Waals surface area contributed by atoms with Crippen LogP contribution < -0.4 is 9.64 Å². The highest BCUT2D eigenvalue weighted by Crippen LogP contribution is 2.51. The summed E-state index contributed by atoms with van der Waals surface area (Å²) >= 11 is 0. The number of fused-ring (bicyclic) bond motifs is 8. The van der Waals surface area contributed by atoms with E-state index in [0.29, 0.717) is 17.9 Å². The number of carbonyl (C=O) groups excluding carboxylic acids is 2. The summed E-state index contributed by atoms with van der Waals surface area (Å²) in [6.07, 6.45) is 3.04. The SMILES string of the molecule is COc1ccc(C(=O)[C@@H]2[C@H]3[C@H](C(=O)[C@@H]4OC[C@@H]3O4)[C@@H]3C=Cc4ccccc4N23)cc1. The molecule has 4 aliphatic heterocycles. The maximum Gasteiger partial charge on any atom is 0.218 e. The number of hydrogen-bond acceptors (Lipinski definition) is 6. The number of Topliss-reactive ketones (excluding diaryl/α,β-unsaturated/α-hetero) is 2. The van der Waals surface area contributed by atoms with Gasteiger partial charge in [0.25, 0.3) is 0 Å². The van der Waals surface area contributed by atoms with Crippen LogP contribution in [-0.2, 0) is 14.3 Å². The van der Waals surface area contributed by atoms with Gasteiger partial charge in [-0.15, -0.1) is 0 Å². The molecule has 2 aromatic carbocycles. The van der Waals surface area contributed by atoms with E-state index in [4.69, 9.17) is 14.2 Å². The van der Waals surface area contributed by atoms with E-state index in [2.05, 4.69) is 17.1 Å². The van der Waals surface area contributed by atoms with E-state index >= 15 is 0 Å². The van der Waals surface area contributed by atoms with E-state index in [-0.39, 0.29) is 35.5 Å². The van der Waals surface area contributed by atoms with Crippen molar-refractivity contribution in [2.75, 3.05) is 18.6 Å². The summed E-state index contributed by atoms with van der Waals surface area (Å²) in [5.41, 5.74) is 2.63. The van der Waals surface area contributed by atoms with Crippen LogP contribution in [0.2, 0.25) is 0 Å². The Bertz CT molecular complexity index is 1060. The third-order valence-corrected chi connectivity index (χ3v) is 6.80. The predicted molar refractivity (Wildman–Crippen MR) is 109 cm³/mol. The summed E-state index contributed by atoms with van der Waals surface area (Å²) in [6.45, 7) is 0.343. The van der Waals surface area contributed by atoms with Gasteiger partial charge < -0.3 is 19.1 Å². The average Bonchev–Trinajstić information content (AvgIpc) is 3.38. The Balaban J connectivity index is 1.49. The molecule has 0 unspecified atom stereocenters. The van der Waals surface area contributed by atoms with Crippen molar-refractivity contribution >= 4 is 23.3 Å². The van der Waals surface area contributed by atoms with Gasteiger partial charge in [-0.2, -0.15) is 0 Å². The molecule has 3 fully saturated rings. The van der Waals surface area contributed by atoms with Crippen molar-refractivity contribution < 1.29 is 23.8 Å². The molecule has 6 heteroatoms. The van der Waals surface area contributed by atoms with Crippen molar-refractivity contribution in [3.8, 4) is 5.75 Å². The Labute approximate surface area is 174 Å². The number of ether oxygens (including phenoxy) is 3. The minimum Gasteiger partial charge on any atom is -0.497 e. The van der Waals surface area contributed by atoms with E-state index in [0.717, 1.165) is 11.3 Å². The number of hydrogen-bond donors (Lipinski definition) is 0. The van der Waals surface area contributed by atoms with E-state index < -0.39 is 12.3 Å². The average molecular weight is 403 g/mol. The lowest BCUT2D eigenvalue weighted by atomic mass is 9.77. The highest BCUT2D eigenvalue weighted by atomic mass is 16.7. The summed E-state index contributed by atoms with van der Waals surface area (Å²) in [4.78, 5) is 29.2. The van der Waals surface area contributed by atoms with Crippen LogP contribution in [0.5, 0.6) is 5.75 Å². The van der Waals surface area contributed by atoms with Gasteiger partial charge in [0, 0.05) is 17.2 Å². The highest BCUT2D eigenvalue weighted by Gasteiger charge is 2.63. The molecular formula is C24H21NO5.